The Morgan fingerprint density at radius 2 is 2.10 bits per heavy atom. The molecule has 1 fully saturated rings. The van der Waals surface area contributed by atoms with Crippen LogP contribution in [0, 0.1) is 11.3 Å². The van der Waals surface area contributed by atoms with Gasteiger partial charge in [0.05, 0.1) is 6.04 Å². The number of nitrogens with one attached hydrogen (secondary N) is 2. The van der Waals surface area contributed by atoms with Gasteiger partial charge >= 0.3 is 0 Å². The van der Waals surface area contributed by atoms with Gasteiger partial charge in [0.15, 0.2) is 0 Å². The highest BCUT2D eigenvalue weighted by Gasteiger charge is 2.35. The maximum Gasteiger partial charge on any atom is 0.136 e. The van der Waals surface area contributed by atoms with E-state index in [4.69, 9.17) is 11.1 Å². The van der Waals surface area contributed by atoms with Crippen LogP contribution in [0.1, 0.15) is 62.9 Å². The lowest BCUT2D eigenvalue weighted by molar-refractivity contribution is 0.410. The summed E-state index contributed by atoms with van der Waals surface area (Å²) >= 11 is 0.514. The van der Waals surface area contributed by atoms with E-state index in [-0.39, 0.29) is 16.6 Å². The van der Waals surface area contributed by atoms with Crippen molar-refractivity contribution in [2.45, 2.75) is 57.2 Å². The lowest BCUT2D eigenvalue weighted by Crippen LogP contribution is -2.42. The van der Waals surface area contributed by atoms with Crippen molar-refractivity contribution in [2.75, 3.05) is 0 Å². The van der Waals surface area contributed by atoms with Gasteiger partial charge in [-0.3, -0.25) is 5.41 Å². The first kappa shape index (κ1) is 16.8. The molecular weight excluding hydrogens is 302 g/mol. The maximum atomic E-state index is 12.5. The van der Waals surface area contributed by atoms with Gasteiger partial charge in [-0.15, -0.1) is 16.1 Å². The summed E-state index contributed by atoms with van der Waals surface area (Å²) in [5.41, 5.74) is 6.33. The fourth-order valence-electron chi connectivity index (χ4n) is 2.63. The highest BCUT2D eigenvalue weighted by molar-refractivity contribution is 7.90. The predicted molar refractivity (Wildman–Crippen MR) is 91.1 cm³/mol. The monoisotopic (exact) mass is 327 g/mol. The molecule has 0 amide bonds. The highest BCUT2D eigenvalue weighted by Crippen LogP contribution is 2.39. The molecule has 118 valence electrons. The van der Waals surface area contributed by atoms with E-state index < -0.39 is 11.4 Å². The summed E-state index contributed by atoms with van der Waals surface area (Å²) in [5.74, 6) is 0.620. The van der Waals surface area contributed by atoms with Gasteiger partial charge in [-0.05, 0) is 45.6 Å². The van der Waals surface area contributed by atoms with Crippen LogP contribution in [0.25, 0.3) is 0 Å². The van der Waals surface area contributed by atoms with E-state index in [1.807, 2.05) is 32.2 Å². The van der Waals surface area contributed by atoms with E-state index in [2.05, 4.69) is 4.72 Å². The molecule has 1 aromatic heterocycles. The van der Waals surface area contributed by atoms with Crippen molar-refractivity contribution in [1.29, 1.82) is 5.41 Å². The molecule has 0 spiro atoms. The van der Waals surface area contributed by atoms with Crippen LogP contribution in [0.15, 0.2) is 11.4 Å². The first-order chi connectivity index (χ1) is 9.79. The Hall–Kier alpha value is -0.560. The molecule has 0 unspecified atom stereocenters. The summed E-state index contributed by atoms with van der Waals surface area (Å²) in [6.07, 6.45) is 4.84. The molecule has 0 aliphatic heterocycles. The first-order valence-corrected chi connectivity index (χ1v) is 9.43. The van der Waals surface area contributed by atoms with E-state index in [9.17, 15) is 4.55 Å². The summed E-state index contributed by atoms with van der Waals surface area (Å²) in [4.78, 5) is 1.14. The van der Waals surface area contributed by atoms with Crippen LogP contribution in [0.5, 0.6) is 0 Å². The zero-order chi connectivity index (χ0) is 15.6. The third kappa shape index (κ3) is 4.22. The number of hydrogen-bond acceptors (Lipinski definition) is 4. The Kier molecular flexibility index (Phi) is 5.35. The van der Waals surface area contributed by atoms with Gasteiger partial charge in [-0.25, -0.2) is 0 Å². The van der Waals surface area contributed by atoms with Gasteiger partial charge in [0.1, 0.15) is 10.6 Å². The van der Waals surface area contributed by atoms with Crippen LogP contribution in [0.2, 0.25) is 0 Å². The fourth-order valence-corrected chi connectivity index (χ4v) is 4.66. The Morgan fingerprint density at radius 1 is 1.48 bits per heavy atom. The number of nitrogens with two attached hydrogens (primary N) is 1. The summed E-state index contributed by atoms with van der Waals surface area (Å²) in [7, 11) is 0. The lowest BCUT2D eigenvalue weighted by Gasteiger charge is -2.30. The highest BCUT2D eigenvalue weighted by atomic mass is 32.2. The quantitative estimate of drug-likeness (QED) is 0.440. The minimum absolute atomic E-state index is 0.0969. The van der Waals surface area contributed by atoms with Crippen molar-refractivity contribution < 1.29 is 4.55 Å². The zero-order valence-electron chi connectivity index (χ0n) is 12.9. The van der Waals surface area contributed by atoms with E-state index in [1.54, 1.807) is 11.3 Å². The summed E-state index contributed by atoms with van der Waals surface area (Å²) < 4.78 is 15.5. The summed E-state index contributed by atoms with van der Waals surface area (Å²) in [5, 5.41) is 9.46. The second-order valence-corrected chi connectivity index (χ2v) is 9.61. The second kappa shape index (κ2) is 6.69. The molecule has 21 heavy (non-hydrogen) atoms. The minimum atomic E-state index is -1.09. The SMILES string of the molecule is CC(C)(C)[S@+]([O-])N[C@H](c1cc(C(=N)N)cs1)C1CCCC1. The third-order valence-electron chi connectivity index (χ3n) is 3.90. The molecule has 1 heterocycles. The average Bonchev–Trinajstić information content (AvgIpc) is 3.05. The van der Waals surface area contributed by atoms with Crippen LogP contribution in [0.3, 0.4) is 0 Å². The summed E-state index contributed by atoms with van der Waals surface area (Å²) in [6, 6.07) is 2.08. The van der Waals surface area contributed by atoms with E-state index >= 15 is 0 Å². The van der Waals surface area contributed by atoms with E-state index in [1.165, 1.54) is 25.7 Å². The van der Waals surface area contributed by atoms with Crippen molar-refractivity contribution in [3.05, 3.63) is 21.9 Å². The molecule has 4 N–H and O–H groups in total. The van der Waals surface area contributed by atoms with E-state index in [0.717, 1.165) is 10.4 Å². The van der Waals surface area contributed by atoms with Gasteiger partial charge in [-0.1, -0.05) is 12.8 Å². The number of rotatable bonds is 5. The standard InChI is InChI=1S/C15H25N3OS2/c1-15(2,3)21(19)18-13(10-6-4-5-7-10)12-8-11(9-20-12)14(16)17/h8-10,13,18H,4-7H2,1-3H3,(H3,16,17)/t13-,21-/m0/s1. The Bertz CT molecular complexity index is 489. The number of hydrogen-bond donors (Lipinski definition) is 3. The number of amidine groups is 1. The van der Waals surface area contributed by atoms with Crippen molar-refractivity contribution in [3.8, 4) is 0 Å². The average molecular weight is 328 g/mol. The number of nitrogen functional groups attached to an aromatic ring is 1. The van der Waals surface area contributed by atoms with Crippen molar-refractivity contribution in [1.82, 2.24) is 4.72 Å². The van der Waals surface area contributed by atoms with Crippen molar-refractivity contribution >= 4 is 28.5 Å². The maximum absolute atomic E-state index is 12.5. The molecule has 1 saturated carbocycles. The van der Waals surface area contributed by atoms with Crippen LogP contribution < -0.4 is 10.5 Å². The zero-order valence-corrected chi connectivity index (χ0v) is 14.6. The summed E-state index contributed by atoms with van der Waals surface area (Å²) in [6.45, 7) is 5.95. The molecule has 0 bridgehead atoms. The van der Waals surface area contributed by atoms with Crippen LogP contribution >= 0.6 is 11.3 Å². The van der Waals surface area contributed by atoms with Crippen LogP contribution in [-0.2, 0) is 11.4 Å². The Balaban J connectivity index is 2.20. The molecular formula is C15H25N3OS2. The second-order valence-electron chi connectivity index (χ2n) is 6.67. The lowest BCUT2D eigenvalue weighted by atomic mass is 9.97. The number of thiophene rings is 1. The van der Waals surface area contributed by atoms with E-state index in [0.29, 0.717) is 5.92 Å². The van der Waals surface area contributed by atoms with Gasteiger partial charge < -0.3 is 10.3 Å². The van der Waals surface area contributed by atoms with Crippen LogP contribution in [-0.4, -0.2) is 15.1 Å². The molecule has 1 aliphatic rings. The smallest absolute Gasteiger partial charge is 0.136 e. The molecule has 0 radical (unpaired) electrons. The normalized spacial score (nSPS) is 19.6. The molecule has 0 saturated heterocycles. The van der Waals surface area contributed by atoms with Gasteiger partial charge in [0, 0.05) is 27.2 Å². The topological polar surface area (TPSA) is 85.0 Å². The Morgan fingerprint density at radius 3 is 2.57 bits per heavy atom. The molecule has 6 heteroatoms. The fraction of sp³-hybridized carbons (Fsp3) is 0.667. The largest absolute Gasteiger partial charge is 0.598 e. The Labute approximate surface area is 134 Å². The molecule has 4 nitrogen and oxygen atoms in total. The molecule has 1 aromatic rings. The van der Waals surface area contributed by atoms with Crippen molar-refractivity contribution in [3.63, 3.8) is 0 Å². The molecule has 1 aliphatic carbocycles. The van der Waals surface area contributed by atoms with Gasteiger partial charge in [0.25, 0.3) is 0 Å². The third-order valence-corrected chi connectivity index (χ3v) is 6.49. The minimum Gasteiger partial charge on any atom is -0.598 e. The van der Waals surface area contributed by atoms with Gasteiger partial charge in [0.2, 0.25) is 0 Å². The molecule has 2 rings (SSSR count). The molecule has 0 aromatic carbocycles. The molecule has 2 atom stereocenters. The van der Waals surface area contributed by atoms with Crippen LogP contribution in [0.4, 0.5) is 0 Å². The van der Waals surface area contributed by atoms with Gasteiger partial charge in [-0.2, -0.15) is 0 Å². The first-order valence-electron chi connectivity index (χ1n) is 7.40. The predicted octanol–water partition coefficient (Wildman–Crippen LogP) is 3.32. The van der Waals surface area contributed by atoms with Crippen molar-refractivity contribution in [2.24, 2.45) is 11.7 Å².